The normalized spacial score (nSPS) is 38.1. The van der Waals surface area contributed by atoms with E-state index in [0.29, 0.717) is 24.2 Å². The van der Waals surface area contributed by atoms with Crippen LogP contribution in [0, 0.1) is 28.6 Å². The Morgan fingerprint density at radius 2 is 1.82 bits per heavy atom. The smallest absolute Gasteiger partial charge is 0.416 e. The average molecular weight is 461 g/mol. The second kappa shape index (κ2) is 7.71. The highest BCUT2D eigenvalue weighted by Crippen LogP contribution is 2.65. The number of allylic oxidation sites excluding steroid dienone is 1. The van der Waals surface area contributed by atoms with Crippen LogP contribution in [0.3, 0.4) is 0 Å². The molecule has 0 heterocycles. The molecule has 0 aliphatic heterocycles. The summed E-state index contributed by atoms with van der Waals surface area (Å²) in [5.41, 5.74) is 0.385. The van der Waals surface area contributed by atoms with E-state index in [-0.39, 0.29) is 28.3 Å². The molecule has 0 spiro atoms. The molecule has 3 nitrogen and oxygen atoms in total. The summed E-state index contributed by atoms with van der Waals surface area (Å²) in [7, 11) is 0. The molecular formula is C27H31F3O3. The van der Waals surface area contributed by atoms with E-state index in [2.05, 4.69) is 13.8 Å². The zero-order chi connectivity index (χ0) is 23.6. The van der Waals surface area contributed by atoms with Gasteiger partial charge in [-0.1, -0.05) is 25.5 Å². The largest absolute Gasteiger partial charge is 0.458 e. The molecule has 0 radical (unpaired) electrons. The third-order valence-corrected chi connectivity index (χ3v) is 9.55. The lowest BCUT2D eigenvalue weighted by Crippen LogP contribution is -2.51. The summed E-state index contributed by atoms with van der Waals surface area (Å²) in [5.74, 6) is 1.11. The van der Waals surface area contributed by atoms with Gasteiger partial charge in [-0.25, -0.2) is 4.79 Å². The lowest BCUT2D eigenvalue weighted by Gasteiger charge is -2.57. The van der Waals surface area contributed by atoms with Crippen molar-refractivity contribution in [3.8, 4) is 0 Å². The summed E-state index contributed by atoms with van der Waals surface area (Å²) in [6.07, 6.45) is 4.43. The number of carbonyl (C=O) groups excluding carboxylic acids is 2. The number of ether oxygens (including phenoxy) is 1. The molecule has 4 aliphatic carbocycles. The summed E-state index contributed by atoms with van der Waals surface area (Å²) in [6, 6.07) is 4.50. The van der Waals surface area contributed by atoms with E-state index in [4.69, 9.17) is 4.74 Å². The number of hydrogen-bond acceptors (Lipinski definition) is 3. The lowest BCUT2D eigenvalue weighted by atomic mass is 9.47. The van der Waals surface area contributed by atoms with Gasteiger partial charge in [-0.3, -0.25) is 4.79 Å². The fraction of sp³-hybridized carbons (Fsp3) is 0.630. The van der Waals surface area contributed by atoms with Crippen LogP contribution in [0.1, 0.15) is 81.1 Å². The number of rotatable bonds is 2. The molecule has 3 saturated carbocycles. The summed E-state index contributed by atoms with van der Waals surface area (Å²) in [4.78, 5) is 24.8. The van der Waals surface area contributed by atoms with Gasteiger partial charge in [0, 0.05) is 11.8 Å². The summed E-state index contributed by atoms with van der Waals surface area (Å²) in [5, 5.41) is 0. The molecule has 0 N–H and O–H groups in total. The van der Waals surface area contributed by atoms with Gasteiger partial charge in [0.05, 0.1) is 11.1 Å². The molecule has 1 aromatic carbocycles. The van der Waals surface area contributed by atoms with E-state index in [1.165, 1.54) is 17.7 Å². The fourth-order valence-corrected chi connectivity index (χ4v) is 7.72. The highest BCUT2D eigenvalue weighted by Gasteiger charge is 2.60. The Labute approximate surface area is 192 Å². The summed E-state index contributed by atoms with van der Waals surface area (Å²) < 4.78 is 45.1. The molecule has 0 saturated heterocycles. The van der Waals surface area contributed by atoms with Crippen LogP contribution in [-0.2, 0) is 15.7 Å². The molecule has 3 fully saturated rings. The predicted molar refractivity (Wildman–Crippen MR) is 117 cm³/mol. The number of fused-ring (bicyclic) bond motifs is 5. The summed E-state index contributed by atoms with van der Waals surface area (Å²) >= 11 is 0. The van der Waals surface area contributed by atoms with E-state index >= 15 is 0 Å². The highest BCUT2D eigenvalue weighted by molar-refractivity contribution is 5.91. The summed E-state index contributed by atoms with van der Waals surface area (Å²) in [6.45, 7) is 4.55. The second-order valence-corrected chi connectivity index (χ2v) is 11.1. The Hall–Kier alpha value is -2.11. The Balaban J connectivity index is 1.34. The first kappa shape index (κ1) is 22.7. The van der Waals surface area contributed by atoms with E-state index in [0.717, 1.165) is 57.1 Å². The molecule has 1 aromatic rings. The zero-order valence-electron chi connectivity index (χ0n) is 19.2. The maximum absolute atomic E-state index is 13.1. The standard InChI is InChI=1S/C27H31F3O3/c1-25-12-10-19(31)15-17(25)6-7-20-21-8-9-23(26(21,2)13-11-22(20)25)33-24(32)16-4-3-5-18(14-16)27(28,29)30/h3-5,14-15,20-23H,6-13H2,1-2H3/t20-,21-,22-,23-,25-,26-/m0/s1. The minimum atomic E-state index is -4.49. The van der Waals surface area contributed by atoms with Crippen LogP contribution >= 0.6 is 0 Å². The number of carbonyl (C=O) groups is 2. The third kappa shape index (κ3) is 3.64. The van der Waals surface area contributed by atoms with E-state index in [1.54, 1.807) is 0 Å². The minimum absolute atomic E-state index is 0.0441. The molecule has 0 unspecified atom stereocenters. The van der Waals surface area contributed by atoms with Crippen molar-refractivity contribution in [3.63, 3.8) is 0 Å². The van der Waals surface area contributed by atoms with Gasteiger partial charge in [0.1, 0.15) is 6.10 Å². The number of hydrogen-bond donors (Lipinski definition) is 0. The van der Waals surface area contributed by atoms with Crippen LogP contribution in [0.2, 0.25) is 0 Å². The monoisotopic (exact) mass is 460 g/mol. The van der Waals surface area contributed by atoms with Crippen LogP contribution < -0.4 is 0 Å². The molecule has 6 heteroatoms. The SMILES string of the molecule is C[C@]12CC[C@H]3[C@@H](CCC4=CC(=O)CC[C@@]43C)[C@@H]1CC[C@@H]2OC(=O)c1cccc(C(F)(F)F)c1. The van der Waals surface area contributed by atoms with Crippen molar-refractivity contribution in [1.82, 2.24) is 0 Å². The molecule has 4 aliphatic rings. The van der Waals surface area contributed by atoms with Gasteiger partial charge in [-0.2, -0.15) is 13.2 Å². The van der Waals surface area contributed by atoms with Crippen molar-refractivity contribution in [3.05, 3.63) is 47.0 Å². The average Bonchev–Trinajstić information content (AvgIpc) is 3.10. The van der Waals surface area contributed by atoms with Gasteiger partial charge in [0.15, 0.2) is 5.78 Å². The Kier molecular flexibility index (Phi) is 5.30. The lowest BCUT2D eigenvalue weighted by molar-refractivity contribution is -0.137. The number of ketones is 1. The fourth-order valence-electron chi connectivity index (χ4n) is 7.72. The first-order valence-electron chi connectivity index (χ1n) is 12.1. The van der Waals surface area contributed by atoms with Crippen molar-refractivity contribution >= 4 is 11.8 Å². The van der Waals surface area contributed by atoms with Gasteiger partial charge in [0.2, 0.25) is 0 Å². The van der Waals surface area contributed by atoms with Crippen LogP contribution in [0.5, 0.6) is 0 Å². The maximum Gasteiger partial charge on any atom is 0.416 e. The van der Waals surface area contributed by atoms with Crippen molar-refractivity contribution in [2.45, 2.75) is 77.5 Å². The molecule has 6 atom stereocenters. The first-order valence-corrected chi connectivity index (χ1v) is 12.1. The van der Waals surface area contributed by atoms with E-state index in [9.17, 15) is 22.8 Å². The van der Waals surface area contributed by atoms with Crippen LogP contribution in [0.4, 0.5) is 13.2 Å². The van der Waals surface area contributed by atoms with Gasteiger partial charge >= 0.3 is 12.1 Å². The highest BCUT2D eigenvalue weighted by atomic mass is 19.4. The van der Waals surface area contributed by atoms with Crippen molar-refractivity contribution in [2.24, 2.45) is 28.6 Å². The van der Waals surface area contributed by atoms with Crippen molar-refractivity contribution < 1.29 is 27.5 Å². The molecule has 5 rings (SSSR count). The van der Waals surface area contributed by atoms with Crippen LogP contribution in [0.25, 0.3) is 0 Å². The Morgan fingerprint density at radius 1 is 1.03 bits per heavy atom. The molecule has 33 heavy (non-hydrogen) atoms. The number of esters is 1. The van der Waals surface area contributed by atoms with Crippen LogP contribution in [0.15, 0.2) is 35.9 Å². The second-order valence-electron chi connectivity index (χ2n) is 11.1. The van der Waals surface area contributed by atoms with Crippen LogP contribution in [-0.4, -0.2) is 17.9 Å². The number of halogens is 3. The maximum atomic E-state index is 13.1. The van der Waals surface area contributed by atoms with Crippen molar-refractivity contribution in [2.75, 3.05) is 0 Å². The quantitative estimate of drug-likeness (QED) is 0.458. The molecule has 0 aromatic heterocycles. The topological polar surface area (TPSA) is 43.4 Å². The van der Waals surface area contributed by atoms with Crippen molar-refractivity contribution in [1.29, 1.82) is 0 Å². The van der Waals surface area contributed by atoms with Gasteiger partial charge in [-0.15, -0.1) is 0 Å². The Morgan fingerprint density at radius 3 is 2.58 bits per heavy atom. The molecule has 0 bridgehead atoms. The molecule has 178 valence electrons. The molecule has 0 amide bonds. The molecular weight excluding hydrogens is 429 g/mol. The Bertz CT molecular complexity index is 1010. The zero-order valence-corrected chi connectivity index (χ0v) is 19.2. The minimum Gasteiger partial charge on any atom is -0.458 e. The van der Waals surface area contributed by atoms with E-state index in [1.807, 2.05) is 6.08 Å². The van der Waals surface area contributed by atoms with Gasteiger partial charge < -0.3 is 4.74 Å². The number of benzene rings is 1. The van der Waals surface area contributed by atoms with Gasteiger partial charge in [0.25, 0.3) is 0 Å². The first-order chi connectivity index (χ1) is 15.5. The third-order valence-electron chi connectivity index (χ3n) is 9.55. The van der Waals surface area contributed by atoms with Gasteiger partial charge in [-0.05, 0) is 92.4 Å². The predicted octanol–water partition coefficient (Wildman–Crippen LogP) is 6.76. The number of alkyl halides is 3. The van der Waals surface area contributed by atoms with E-state index < -0.39 is 17.7 Å².